The first-order valence-corrected chi connectivity index (χ1v) is 7.14. The van der Waals surface area contributed by atoms with Crippen molar-refractivity contribution >= 4 is 11.7 Å². The molecule has 1 amide bonds. The van der Waals surface area contributed by atoms with Crippen LogP contribution in [-0.2, 0) is 6.42 Å². The third-order valence-electron chi connectivity index (χ3n) is 3.90. The van der Waals surface area contributed by atoms with Crippen molar-refractivity contribution in [2.45, 2.75) is 19.4 Å². The second-order valence-corrected chi connectivity index (χ2v) is 5.64. The van der Waals surface area contributed by atoms with Crippen molar-refractivity contribution < 1.29 is 14.4 Å². The fourth-order valence-corrected chi connectivity index (χ4v) is 2.73. The van der Waals surface area contributed by atoms with Crippen LogP contribution in [0.2, 0.25) is 0 Å². The Kier molecular flexibility index (Phi) is 3.81. The van der Waals surface area contributed by atoms with Gasteiger partial charge in [-0.25, -0.2) is 4.98 Å². The van der Waals surface area contributed by atoms with Gasteiger partial charge in [-0.3, -0.25) is 4.79 Å². The lowest BCUT2D eigenvalue weighted by Crippen LogP contribution is -2.22. The molecule has 2 aromatic rings. The van der Waals surface area contributed by atoms with Gasteiger partial charge in [0.15, 0.2) is 0 Å². The van der Waals surface area contributed by atoms with E-state index in [0.717, 1.165) is 17.3 Å². The monoisotopic (exact) mass is 302 g/mol. The van der Waals surface area contributed by atoms with Crippen molar-refractivity contribution in [2.24, 2.45) is 11.7 Å². The molecule has 1 saturated heterocycles. The fraction of sp³-hybridized carbons (Fsp3) is 0.400. The molecule has 1 aliphatic rings. The number of nitrogens with two attached hydrogens (primary N) is 1. The van der Waals surface area contributed by atoms with Crippen LogP contribution in [0.4, 0.5) is 5.82 Å². The third kappa shape index (κ3) is 2.94. The lowest BCUT2D eigenvalue weighted by Gasteiger charge is -2.16. The lowest BCUT2D eigenvalue weighted by molar-refractivity contribution is 0.1000. The molecule has 116 valence electrons. The zero-order valence-corrected chi connectivity index (χ0v) is 12.3. The van der Waals surface area contributed by atoms with Gasteiger partial charge in [0.1, 0.15) is 11.6 Å². The van der Waals surface area contributed by atoms with E-state index in [1.165, 1.54) is 6.20 Å². The predicted octanol–water partition coefficient (Wildman–Crippen LogP) is 0.517. The highest BCUT2D eigenvalue weighted by molar-refractivity contribution is 5.92. The van der Waals surface area contributed by atoms with Crippen LogP contribution >= 0.6 is 0 Å². The summed E-state index contributed by atoms with van der Waals surface area (Å²) >= 11 is 0. The number of carbonyl (C=O) groups excluding carboxylic acids is 1. The average molecular weight is 302 g/mol. The Morgan fingerprint density at radius 2 is 2.32 bits per heavy atom. The van der Waals surface area contributed by atoms with Crippen molar-refractivity contribution in [3.05, 3.63) is 41.4 Å². The van der Waals surface area contributed by atoms with Gasteiger partial charge in [-0.1, -0.05) is 5.16 Å². The van der Waals surface area contributed by atoms with E-state index in [1.54, 1.807) is 12.1 Å². The number of nitrogens with zero attached hydrogens (tertiary/aromatic N) is 3. The van der Waals surface area contributed by atoms with Crippen LogP contribution in [0, 0.1) is 12.8 Å². The van der Waals surface area contributed by atoms with Crippen LogP contribution in [0.15, 0.2) is 28.9 Å². The number of anilines is 1. The standard InChI is InChI=1S/C15H18N4O3/c1-9-4-12(22-18-9)5-11-7-19(8-13(11)20)14-3-2-10(6-17-14)15(16)21/h2-4,6,11,13,20H,5,7-8H2,1H3,(H2,16,21)/t11-,13+/m1/s1. The quantitative estimate of drug-likeness (QED) is 0.853. The normalized spacial score (nSPS) is 21.3. The van der Waals surface area contributed by atoms with Crippen molar-refractivity contribution in [3.8, 4) is 0 Å². The van der Waals surface area contributed by atoms with E-state index in [-0.39, 0.29) is 5.92 Å². The first-order valence-electron chi connectivity index (χ1n) is 7.14. The summed E-state index contributed by atoms with van der Waals surface area (Å²) in [5, 5.41) is 14.1. The zero-order chi connectivity index (χ0) is 15.7. The lowest BCUT2D eigenvalue weighted by atomic mass is 10.0. The van der Waals surface area contributed by atoms with E-state index in [0.29, 0.717) is 25.1 Å². The maximum atomic E-state index is 11.1. The molecule has 3 rings (SSSR count). The number of rotatable bonds is 4. The zero-order valence-electron chi connectivity index (χ0n) is 12.3. The van der Waals surface area contributed by atoms with Crippen molar-refractivity contribution in [1.82, 2.24) is 10.1 Å². The van der Waals surface area contributed by atoms with Gasteiger partial charge in [0.2, 0.25) is 5.91 Å². The predicted molar refractivity (Wildman–Crippen MR) is 79.4 cm³/mol. The molecule has 0 saturated carbocycles. The van der Waals surface area contributed by atoms with Crippen molar-refractivity contribution in [1.29, 1.82) is 0 Å². The molecule has 0 radical (unpaired) electrons. The summed E-state index contributed by atoms with van der Waals surface area (Å²) in [4.78, 5) is 17.3. The molecule has 7 nitrogen and oxygen atoms in total. The maximum Gasteiger partial charge on any atom is 0.250 e. The molecule has 3 N–H and O–H groups in total. The van der Waals surface area contributed by atoms with Crippen LogP contribution in [0.3, 0.4) is 0 Å². The summed E-state index contributed by atoms with van der Waals surface area (Å²) in [5.41, 5.74) is 6.41. The number of aliphatic hydroxyl groups is 1. The molecule has 1 fully saturated rings. The number of β-amino-alcohol motifs (C(OH)–C–C–N with tert-alkyl or cyclic N) is 1. The molecule has 3 heterocycles. The minimum Gasteiger partial charge on any atom is -0.391 e. The molecular weight excluding hydrogens is 284 g/mol. The van der Waals surface area contributed by atoms with Crippen molar-refractivity contribution in [2.75, 3.05) is 18.0 Å². The Balaban J connectivity index is 1.68. The Morgan fingerprint density at radius 1 is 1.50 bits per heavy atom. The number of primary amides is 1. The van der Waals surface area contributed by atoms with Gasteiger partial charge in [0.25, 0.3) is 0 Å². The number of aromatic nitrogens is 2. The van der Waals surface area contributed by atoms with Crippen molar-refractivity contribution in [3.63, 3.8) is 0 Å². The molecule has 0 bridgehead atoms. The molecule has 1 aliphatic heterocycles. The van der Waals surface area contributed by atoms with Gasteiger partial charge in [0.05, 0.1) is 17.4 Å². The molecular formula is C15H18N4O3. The number of carbonyl (C=O) groups is 1. The third-order valence-corrected chi connectivity index (χ3v) is 3.90. The van der Waals surface area contributed by atoms with Crippen LogP contribution in [0.5, 0.6) is 0 Å². The smallest absolute Gasteiger partial charge is 0.250 e. The molecule has 2 atom stereocenters. The largest absolute Gasteiger partial charge is 0.391 e. The molecule has 2 aromatic heterocycles. The summed E-state index contributed by atoms with van der Waals surface area (Å²) in [7, 11) is 0. The first-order chi connectivity index (χ1) is 10.5. The van der Waals surface area contributed by atoms with Crippen LogP contribution in [0.25, 0.3) is 0 Å². The van der Waals surface area contributed by atoms with Crippen LogP contribution < -0.4 is 10.6 Å². The van der Waals surface area contributed by atoms with Gasteiger partial charge in [0, 0.05) is 37.7 Å². The molecule has 22 heavy (non-hydrogen) atoms. The summed E-state index contributed by atoms with van der Waals surface area (Å²) in [5.74, 6) is 1.06. The second kappa shape index (κ2) is 5.76. The van der Waals surface area contributed by atoms with Gasteiger partial charge < -0.3 is 20.3 Å². The Morgan fingerprint density at radius 3 is 2.91 bits per heavy atom. The summed E-state index contributed by atoms with van der Waals surface area (Å²) < 4.78 is 5.21. The van der Waals surface area contributed by atoms with E-state index in [1.807, 2.05) is 17.9 Å². The summed E-state index contributed by atoms with van der Waals surface area (Å²) in [6, 6.07) is 5.27. The first kappa shape index (κ1) is 14.5. The second-order valence-electron chi connectivity index (χ2n) is 5.64. The molecule has 0 spiro atoms. The van der Waals surface area contributed by atoms with Crippen LogP contribution in [0.1, 0.15) is 21.8 Å². The molecule has 0 unspecified atom stereocenters. The number of aryl methyl sites for hydroxylation is 1. The number of aliphatic hydroxyl groups excluding tert-OH is 1. The van der Waals surface area contributed by atoms with E-state index in [9.17, 15) is 9.90 Å². The summed E-state index contributed by atoms with van der Waals surface area (Å²) in [6.07, 6.45) is 1.64. The Hall–Kier alpha value is -2.41. The highest BCUT2D eigenvalue weighted by atomic mass is 16.5. The number of pyridine rings is 1. The van der Waals surface area contributed by atoms with E-state index < -0.39 is 12.0 Å². The number of hydrogen-bond acceptors (Lipinski definition) is 6. The molecule has 0 aromatic carbocycles. The van der Waals surface area contributed by atoms with Gasteiger partial charge >= 0.3 is 0 Å². The molecule has 0 aliphatic carbocycles. The summed E-state index contributed by atoms with van der Waals surface area (Å²) in [6.45, 7) is 3.04. The Bertz CT molecular complexity index is 668. The maximum absolute atomic E-state index is 11.1. The highest BCUT2D eigenvalue weighted by Crippen LogP contribution is 2.25. The van der Waals surface area contributed by atoms with Gasteiger partial charge in [-0.15, -0.1) is 0 Å². The molecule has 7 heteroatoms. The van der Waals surface area contributed by atoms with Gasteiger partial charge in [-0.05, 0) is 19.1 Å². The number of amides is 1. The topological polar surface area (TPSA) is 105 Å². The van der Waals surface area contributed by atoms with Gasteiger partial charge in [-0.2, -0.15) is 0 Å². The minimum atomic E-state index is -0.501. The van der Waals surface area contributed by atoms with E-state index >= 15 is 0 Å². The fourth-order valence-electron chi connectivity index (χ4n) is 2.73. The van der Waals surface area contributed by atoms with Crippen LogP contribution in [-0.4, -0.2) is 40.3 Å². The highest BCUT2D eigenvalue weighted by Gasteiger charge is 2.33. The minimum absolute atomic E-state index is 0.0602. The average Bonchev–Trinajstić information content (AvgIpc) is 3.06. The van der Waals surface area contributed by atoms with E-state index in [4.69, 9.17) is 10.3 Å². The Labute approximate surface area is 127 Å². The SMILES string of the molecule is Cc1cc(C[C@@H]2CN(c3ccc(C(N)=O)cn3)C[C@@H]2O)on1. The van der Waals surface area contributed by atoms with E-state index in [2.05, 4.69) is 10.1 Å². The number of hydrogen-bond donors (Lipinski definition) is 2.